The monoisotopic (exact) mass is 388 g/mol. The molecule has 29 heavy (non-hydrogen) atoms. The summed E-state index contributed by atoms with van der Waals surface area (Å²) in [6.45, 7) is 0. The molecule has 0 heterocycles. The lowest BCUT2D eigenvalue weighted by Crippen LogP contribution is -2.17. The number of nitrogens with zero attached hydrogens (tertiary/aromatic N) is 3. The molecule has 0 saturated heterocycles. The fourth-order valence-electron chi connectivity index (χ4n) is 2.37. The Labute approximate surface area is 166 Å². The topological polar surface area (TPSA) is 117 Å². The predicted molar refractivity (Wildman–Crippen MR) is 110 cm³/mol. The molecule has 3 rings (SSSR count). The summed E-state index contributed by atoms with van der Waals surface area (Å²) in [4.78, 5) is 26.4. The van der Waals surface area contributed by atoms with Gasteiger partial charge in [-0.25, -0.2) is 5.43 Å². The molecule has 0 aliphatic rings. The molecular weight excluding hydrogens is 372 g/mol. The summed E-state index contributed by atoms with van der Waals surface area (Å²) in [6.07, 6.45) is 3.12. The van der Waals surface area contributed by atoms with Crippen molar-refractivity contribution in [2.75, 3.05) is 0 Å². The molecule has 1 amide bonds. The van der Waals surface area contributed by atoms with Crippen LogP contribution in [0.25, 0.3) is 0 Å². The van der Waals surface area contributed by atoms with Gasteiger partial charge in [-0.3, -0.25) is 19.9 Å². The van der Waals surface area contributed by atoms with E-state index in [0.29, 0.717) is 5.69 Å². The first-order valence-electron chi connectivity index (χ1n) is 8.53. The molecule has 0 radical (unpaired) electrons. The Morgan fingerprint density at radius 1 is 0.931 bits per heavy atom. The summed E-state index contributed by atoms with van der Waals surface area (Å²) in [7, 11) is 0. The second-order valence-electron chi connectivity index (χ2n) is 5.91. The van der Waals surface area contributed by atoms with Crippen LogP contribution in [0.2, 0.25) is 0 Å². The van der Waals surface area contributed by atoms with Crippen LogP contribution < -0.4 is 5.43 Å². The van der Waals surface area contributed by atoms with Crippen molar-refractivity contribution < 1.29 is 14.8 Å². The molecule has 8 heteroatoms. The average molecular weight is 388 g/mol. The van der Waals surface area contributed by atoms with Crippen molar-refractivity contribution in [2.45, 2.75) is 0 Å². The number of hydrogen-bond donors (Lipinski definition) is 2. The first-order valence-corrected chi connectivity index (χ1v) is 8.53. The van der Waals surface area contributed by atoms with E-state index in [-0.39, 0.29) is 17.0 Å². The molecule has 0 aliphatic carbocycles. The van der Waals surface area contributed by atoms with Gasteiger partial charge in [0, 0.05) is 18.3 Å². The Morgan fingerprint density at radius 3 is 2.17 bits per heavy atom. The van der Waals surface area contributed by atoms with Crippen LogP contribution in [0.4, 0.5) is 11.4 Å². The molecule has 0 spiro atoms. The maximum absolute atomic E-state index is 11.9. The lowest BCUT2D eigenvalue weighted by molar-refractivity contribution is -0.384. The van der Waals surface area contributed by atoms with Gasteiger partial charge in [-0.2, -0.15) is 5.10 Å². The quantitative estimate of drug-likeness (QED) is 0.379. The largest absolute Gasteiger partial charge is 0.507 e. The van der Waals surface area contributed by atoms with Gasteiger partial charge < -0.3 is 5.11 Å². The number of benzene rings is 3. The lowest BCUT2D eigenvalue weighted by Gasteiger charge is -2.02. The number of nitro groups is 1. The van der Waals surface area contributed by atoms with Gasteiger partial charge >= 0.3 is 0 Å². The van der Waals surface area contributed by atoms with E-state index in [2.05, 4.69) is 15.5 Å². The second-order valence-corrected chi connectivity index (χ2v) is 5.91. The molecule has 144 valence electrons. The maximum Gasteiger partial charge on any atom is 0.275 e. The Morgan fingerprint density at radius 2 is 1.55 bits per heavy atom. The summed E-state index contributed by atoms with van der Waals surface area (Å²) in [6, 6.07) is 19.4. The number of phenolic OH excluding ortho intramolecular Hbond substituents is 1. The number of amides is 1. The number of aliphatic imine (C=N–C) groups is 1. The van der Waals surface area contributed by atoms with Crippen LogP contribution in [-0.2, 0) is 0 Å². The van der Waals surface area contributed by atoms with E-state index >= 15 is 0 Å². The highest BCUT2D eigenvalue weighted by Gasteiger charge is 2.08. The number of hydrazone groups is 1. The fourth-order valence-corrected chi connectivity index (χ4v) is 2.37. The van der Waals surface area contributed by atoms with E-state index in [0.717, 1.165) is 11.1 Å². The minimum Gasteiger partial charge on any atom is -0.507 e. The fraction of sp³-hybridized carbons (Fsp3) is 0. The van der Waals surface area contributed by atoms with E-state index in [1.807, 2.05) is 12.1 Å². The third kappa shape index (κ3) is 5.33. The minimum atomic E-state index is -0.508. The highest BCUT2D eigenvalue weighted by atomic mass is 16.6. The highest BCUT2D eigenvalue weighted by molar-refractivity contribution is 5.97. The molecule has 0 fully saturated rings. The van der Waals surface area contributed by atoms with Crippen LogP contribution in [0.3, 0.4) is 0 Å². The number of nitrogens with one attached hydrogen (secondary N) is 1. The van der Waals surface area contributed by atoms with Gasteiger partial charge in [0.15, 0.2) is 0 Å². The molecule has 0 aromatic heterocycles. The first-order chi connectivity index (χ1) is 14.0. The molecular formula is C21H16N4O4. The van der Waals surface area contributed by atoms with E-state index in [1.165, 1.54) is 30.5 Å². The standard InChI is InChI=1S/C21H16N4O4/c26-20-4-2-1-3-19(20)21(27)24-23-14-16-7-5-15(6-8-16)13-22-17-9-11-18(12-10-17)25(28)29/h1-14,26H,(H,24,27). The molecule has 0 saturated carbocycles. The van der Waals surface area contributed by atoms with Gasteiger partial charge in [0.05, 0.1) is 22.4 Å². The van der Waals surface area contributed by atoms with E-state index in [1.54, 1.807) is 42.6 Å². The number of hydrogen-bond acceptors (Lipinski definition) is 6. The molecule has 3 aromatic carbocycles. The van der Waals surface area contributed by atoms with Crippen molar-refractivity contribution in [2.24, 2.45) is 10.1 Å². The first kappa shape index (κ1) is 19.4. The predicted octanol–water partition coefficient (Wildman–Crippen LogP) is 3.81. The van der Waals surface area contributed by atoms with Gasteiger partial charge in [0.25, 0.3) is 11.6 Å². The molecule has 8 nitrogen and oxygen atoms in total. The third-order valence-corrected chi connectivity index (χ3v) is 3.89. The SMILES string of the molecule is O=C(NN=Cc1ccc(C=Nc2ccc([N+](=O)[O-])cc2)cc1)c1ccccc1O. The number of nitro benzene ring substituents is 1. The Balaban J connectivity index is 1.58. The lowest BCUT2D eigenvalue weighted by atomic mass is 10.1. The van der Waals surface area contributed by atoms with Crippen molar-refractivity contribution in [3.8, 4) is 5.75 Å². The summed E-state index contributed by atoms with van der Waals surface area (Å²) >= 11 is 0. The summed E-state index contributed by atoms with van der Waals surface area (Å²) in [5, 5.41) is 24.2. The number of aromatic hydroxyl groups is 1. The molecule has 0 aliphatic heterocycles. The number of phenols is 1. The van der Waals surface area contributed by atoms with Crippen LogP contribution >= 0.6 is 0 Å². The third-order valence-electron chi connectivity index (χ3n) is 3.89. The molecule has 0 unspecified atom stereocenters. The molecule has 0 bridgehead atoms. The van der Waals surface area contributed by atoms with Crippen LogP contribution in [0.5, 0.6) is 5.75 Å². The Bertz CT molecular complexity index is 1070. The van der Waals surface area contributed by atoms with Crippen LogP contribution in [0.15, 0.2) is 82.9 Å². The van der Waals surface area contributed by atoms with Crippen LogP contribution in [0, 0.1) is 10.1 Å². The van der Waals surface area contributed by atoms with E-state index in [4.69, 9.17) is 0 Å². The number of non-ortho nitro benzene ring substituents is 1. The molecule has 2 N–H and O–H groups in total. The van der Waals surface area contributed by atoms with E-state index in [9.17, 15) is 20.0 Å². The number of rotatable bonds is 6. The maximum atomic E-state index is 11.9. The number of carbonyl (C=O) groups is 1. The van der Waals surface area contributed by atoms with E-state index < -0.39 is 10.8 Å². The Hall–Kier alpha value is -4.33. The summed E-state index contributed by atoms with van der Waals surface area (Å²) in [5.74, 6) is -0.622. The van der Waals surface area contributed by atoms with Crippen molar-refractivity contribution in [3.05, 3.63) is 99.6 Å². The second kappa shape index (κ2) is 9.05. The normalized spacial score (nSPS) is 11.0. The van der Waals surface area contributed by atoms with Crippen molar-refractivity contribution in [1.82, 2.24) is 5.43 Å². The van der Waals surface area contributed by atoms with Crippen molar-refractivity contribution in [1.29, 1.82) is 0 Å². The van der Waals surface area contributed by atoms with Gasteiger partial charge in [-0.05, 0) is 35.4 Å². The zero-order valence-electron chi connectivity index (χ0n) is 15.1. The van der Waals surface area contributed by atoms with Gasteiger partial charge in [0.1, 0.15) is 5.75 Å². The number of para-hydroxylation sites is 1. The van der Waals surface area contributed by atoms with Crippen molar-refractivity contribution in [3.63, 3.8) is 0 Å². The minimum absolute atomic E-state index is 0.0159. The average Bonchev–Trinajstić information content (AvgIpc) is 2.73. The van der Waals surface area contributed by atoms with Gasteiger partial charge in [-0.1, -0.05) is 36.4 Å². The summed E-state index contributed by atoms with van der Waals surface area (Å²) in [5.41, 5.74) is 4.71. The molecule has 0 atom stereocenters. The van der Waals surface area contributed by atoms with Crippen LogP contribution in [0.1, 0.15) is 21.5 Å². The molecule has 3 aromatic rings. The summed E-state index contributed by atoms with van der Waals surface area (Å²) < 4.78 is 0. The zero-order valence-corrected chi connectivity index (χ0v) is 15.1. The zero-order chi connectivity index (χ0) is 20.6. The smallest absolute Gasteiger partial charge is 0.275 e. The van der Waals surface area contributed by atoms with Crippen LogP contribution in [-0.4, -0.2) is 28.4 Å². The highest BCUT2D eigenvalue weighted by Crippen LogP contribution is 2.18. The number of carbonyl (C=O) groups excluding carboxylic acids is 1. The van der Waals surface area contributed by atoms with Gasteiger partial charge in [-0.15, -0.1) is 0 Å². The van der Waals surface area contributed by atoms with Crippen molar-refractivity contribution >= 4 is 29.7 Å². The van der Waals surface area contributed by atoms with Gasteiger partial charge in [0.2, 0.25) is 0 Å². The Kier molecular flexibility index (Phi) is 6.06.